The zero-order valence-electron chi connectivity index (χ0n) is 12.1. The largest absolute Gasteiger partial charge is 0.481 e. The molecule has 0 spiro atoms. The second-order valence-corrected chi connectivity index (χ2v) is 3.77. The number of rotatable bonds is 4. The molecule has 5 heteroatoms. The van der Waals surface area contributed by atoms with Crippen LogP contribution in [-0.2, 0) is 31.3 Å². The van der Waals surface area contributed by atoms with Gasteiger partial charge in [-0.3, -0.25) is 0 Å². The van der Waals surface area contributed by atoms with Crippen LogP contribution in [0, 0.1) is 0 Å². The SMILES string of the molecule is CCOC(=O)C1=CC=C/C1=C(/O)OCC.[Fe].c1cc[cH-]c1. The van der Waals surface area contributed by atoms with Crippen LogP contribution in [-0.4, -0.2) is 24.3 Å². The van der Waals surface area contributed by atoms with E-state index in [1.54, 1.807) is 32.1 Å². The summed E-state index contributed by atoms with van der Waals surface area (Å²) in [5.74, 6) is -0.700. The summed E-state index contributed by atoms with van der Waals surface area (Å²) in [5.41, 5.74) is 0.693. The molecule has 0 unspecified atom stereocenters. The molecule has 116 valence electrons. The van der Waals surface area contributed by atoms with Crippen molar-refractivity contribution in [2.75, 3.05) is 13.2 Å². The van der Waals surface area contributed by atoms with Gasteiger partial charge in [0.25, 0.3) is 5.95 Å². The summed E-state index contributed by atoms with van der Waals surface area (Å²) in [6.45, 7) is 4.13. The monoisotopic (exact) mass is 331 g/mol. The molecule has 1 aromatic carbocycles. The normalized spacial score (nSPS) is 14.3. The summed E-state index contributed by atoms with van der Waals surface area (Å²) in [5, 5.41) is 9.49. The quantitative estimate of drug-likeness (QED) is 0.398. The number of aliphatic hydroxyl groups is 1. The van der Waals surface area contributed by atoms with E-state index in [1.807, 2.05) is 30.3 Å². The Morgan fingerprint density at radius 1 is 1.19 bits per heavy atom. The first-order chi connectivity index (χ1) is 9.70. The van der Waals surface area contributed by atoms with Gasteiger partial charge in [0.1, 0.15) is 0 Å². The van der Waals surface area contributed by atoms with Gasteiger partial charge in [-0.25, -0.2) is 16.9 Å². The molecule has 21 heavy (non-hydrogen) atoms. The first-order valence-corrected chi connectivity index (χ1v) is 6.49. The van der Waals surface area contributed by atoms with Gasteiger partial charge in [-0.05, 0) is 26.0 Å². The van der Waals surface area contributed by atoms with Crippen LogP contribution in [0.5, 0.6) is 0 Å². The zero-order chi connectivity index (χ0) is 14.8. The summed E-state index contributed by atoms with van der Waals surface area (Å²) in [7, 11) is 0. The van der Waals surface area contributed by atoms with Crippen LogP contribution < -0.4 is 0 Å². The summed E-state index contributed by atoms with van der Waals surface area (Å²) in [6.07, 6.45) is 4.86. The number of esters is 1. The van der Waals surface area contributed by atoms with Crippen molar-refractivity contribution in [3.63, 3.8) is 0 Å². The first kappa shape index (κ1) is 19.2. The molecule has 0 fully saturated rings. The molecular formula is C16H19FeO4-. The van der Waals surface area contributed by atoms with Gasteiger partial charge < -0.3 is 14.6 Å². The Labute approximate surface area is 135 Å². The van der Waals surface area contributed by atoms with E-state index < -0.39 is 5.97 Å². The van der Waals surface area contributed by atoms with Crippen molar-refractivity contribution in [2.24, 2.45) is 0 Å². The minimum absolute atomic E-state index is 0. The topological polar surface area (TPSA) is 55.8 Å². The van der Waals surface area contributed by atoms with Crippen LogP contribution in [0.15, 0.2) is 65.7 Å². The van der Waals surface area contributed by atoms with Crippen molar-refractivity contribution in [2.45, 2.75) is 13.8 Å². The molecule has 1 aromatic rings. The van der Waals surface area contributed by atoms with Gasteiger partial charge in [-0.2, -0.15) is 18.2 Å². The minimum atomic E-state index is -0.455. The number of carbonyl (C=O) groups is 1. The molecule has 0 amide bonds. The summed E-state index contributed by atoms with van der Waals surface area (Å²) in [6, 6.07) is 10.0. The molecule has 0 aromatic heterocycles. The van der Waals surface area contributed by atoms with Gasteiger partial charge in [0.2, 0.25) is 0 Å². The Hall–Kier alpha value is -1.84. The van der Waals surface area contributed by atoms with Gasteiger partial charge in [0, 0.05) is 17.1 Å². The maximum Gasteiger partial charge on any atom is 0.338 e. The Kier molecular flexibility index (Phi) is 9.93. The van der Waals surface area contributed by atoms with Gasteiger partial charge in [-0.1, -0.05) is 6.08 Å². The third kappa shape index (κ3) is 6.43. The number of hydrogen-bond acceptors (Lipinski definition) is 4. The number of aliphatic hydroxyl groups excluding tert-OH is 1. The van der Waals surface area contributed by atoms with Crippen molar-refractivity contribution in [3.05, 3.63) is 65.7 Å². The number of hydrogen-bond donors (Lipinski definition) is 1. The molecule has 4 nitrogen and oxygen atoms in total. The molecule has 1 aliphatic carbocycles. The molecule has 0 saturated carbocycles. The molecule has 0 aliphatic heterocycles. The molecule has 2 rings (SSSR count). The van der Waals surface area contributed by atoms with Gasteiger partial charge in [0.05, 0.1) is 24.4 Å². The molecule has 1 aliphatic rings. The van der Waals surface area contributed by atoms with Crippen LogP contribution in [0.3, 0.4) is 0 Å². The Morgan fingerprint density at radius 3 is 2.29 bits per heavy atom. The Balaban J connectivity index is 0.000000562. The predicted octanol–water partition coefficient (Wildman–Crippen LogP) is 3.25. The molecule has 0 heterocycles. The van der Waals surface area contributed by atoms with E-state index in [0.29, 0.717) is 24.4 Å². The fourth-order valence-electron chi connectivity index (χ4n) is 1.53. The molecule has 0 radical (unpaired) electrons. The third-order valence-electron chi connectivity index (χ3n) is 2.38. The number of allylic oxidation sites excluding steroid dienone is 3. The molecule has 0 saturated heterocycles. The average molecular weight is 331 g/mol. The van der Waals surface area contributed by atoms with Crippen molar-refractivity contribution < 1.29 is 36.4 Å². The van der Waals surface area contributed by atoms with Crippen LogP contribution in [0.2, 0.25) is 0 Å². The van der Waals surface area contributed by atoms with Crippen molar-refractivity contribution >= 4 is 5.97 Å². The summed E-state index contributed by atoms with van der Waals surface area (Å²) < 4.78 is 9.76. The predicted molar refractivity (Wildman–Crippen MR) is 77.2 cm³/mol. The summed E-state index contributed by atoms with van der Waals surface area (Å²) >= 11 is 0. The Morgan fingerprint density at radius 2 is 1.81 bits per heavy atom. The molecule has 0 bridgehead atoms. The fourth-order valence-corrected chi connectivity index (χ4v) is 1.53. The zero-order valence-corrected chi connectivity index (χ0v) is 13.2. The van der Waals surface area contributed by atoms with Crippen LogP contribution in [0.4, 0.5) is 0 Å². The molecular weight excluding hydrogens is 312 g/mol. The molecule has 0 atom stereocenters. The van der Waals surface area contributed by atoms with E-state index in [1.165, 1.54) is 0 Å². The van der Waals surface area contributed by atoms with E-state index in [4.69, 9.17) is 9.47 Å². The van der Waals surface area contributed by atoms with Crippen molar-refractivity contribution in [1.82, 2.24) is 0 Å². The van der Waals surface area contributed by atoms with Gasteiger partial charge in [-0.15, -0.1) is 0 Å². The minimum Gasteiger partial charge on any atom is -0.481 e. The third-order valence-corrected chi connectivity index (χ3v) is 2.38. The smallest absolute Gasteiger partial charge is 0.338 e. The van der Waals surface area contributed by atoms with Crippen LogP contribution in [0.1, 0.15) is 13.8 Å². The van der Waals surface area contributed by atoms with Crippen LogP contribution >= 0.6 is 0 Å². The maximum absolute atomic E-state index is 11.4. The second kappa shape index (κ2) is 10.9. The van der Waals surface area contributed by atoms with E-state index in [-0.39, 0.29) is 23.0 Å². The standard InChI is InChI=1S/C11H14O4.C5H5.Fe/c1-3-14-10(12)8-6-5-7-9(8)11(13)15-4-2;1-2-4-5-3-1;/h5-7,12H,3-4H2,1-2H3;1-5H;/q;-1;/b10-8+;;. The van der Waals surface area contributed by atoms with E-state index >= 15 is 0 Å². The second-order valence-electron chi connectivity index (χ2n) is 3.77. The number of ether oxygens (including phenoxy) is 2. The van der Waals surface area contributed by atoms with Gasteiger partial charge >= 0.3 is 5.97 Å². The van der Waals surface area contributed by atoms with E-state index in [9.17, 15) is 9.90 Å². The summed E-state index contributed by atoms with van der Waals surface area (Å²) in [4.78, 5) is 11.4. The molecule has 1 N–H and O–H groups in total. The Bertz CT molecular complexity index is 481. The average Bonchev–Trinajstić information content (AvgIpc) is 3.13. The van der Waals surface area contributed by atoms with Crippen molar-refractivity contribution in [1.29, 1.82) is 0 Å². The fraction of sp³-hybridized carbons (Fsp3) is 0.250. The number of carbonyl (C=O) groups excluding carboxylic acids is 1. The maximum atomic E-state index is 11.4. The van der Waals surface area contributed by atoms with Crippen LogP contribution in [0.25, 0.3) is 0 Å². The van der Waals surface area contributed by atoms with Gasteiger partial charge in [0.15, 0.2) is 0 Å². The van der Waals surface area contributed by atoms with E-state index in [2.05, 4.69) is 0 Å². The van der Waals surface area contributed by atoms with Crippen molar-refractivity contribution in [3.8, 4) is 0 Å². The van der Waals surface area contributed by atoms with E-state index in [0.717, 1.165) is 0 Å². The first-order valence-electron chi connectivity index (χ1n) is 6.49.